The molecule has 1 amide bonds. The molecule has 1 atom stereocenters. The molecule has 1 heterocycles. The van der Waals surface area contributed by atoms with Gasteiger partial charge in [0.1, 0.15) is 17.5 Å². The van der Waals surface area contributed by atoms with E-state index < -0.39 is 12.0 Å². The number of fused-ring (bicyclic) bond motifs is 1. The van der Waals surface area contributed by atoms with E-state index in [0.29, 0.717) is 22.9 Å². The molecule has 0 spiro atoms. The van der Waals surface area contributed by atoms with E-state index in [1.54, 1.807) is 42.5 Å². The SMILES string of the molecule is O=C(C[C@H]1Nc2ccccc2OC1=O)Nc1ccc(Oc2ccccc2)cc1. The van der Waals surface area contributed by atoms with E-state index in [-0.39, 0.29) is 12.3 Å². The minimum atomic E-state index is -0.726. The summed E-state index contributed by atoms with van der Waals surface area (Å²) < 4.78 is 11.0. The molecule has 1 aliphatic heterocycles. The van der Waals surface area contributed by atoms with Crippen LogP contribution in [0.1, 0.15) is 6.42 Å². The molecule has 0 fully saturated rings. The number of nitrogens with one attached hydrogen (secondary N) is 2. The molecule has 3 aromatic rings. The van der Waals surface area contributed by atoms with E-state index >= 15 is 0 Å². The number of ether oxygens (including phenoxy) is 2. The van der Waals surface area contributed by atoms with Crippen LogP contribution < -0.4 is 20.1 Å². The van der Waals surface area contributed by atoms with Gasteiger partial charge in [-0.05, 0) is 48.5 Å². The molecule has 0 saturated carbocycles. The lowest BCUT2D eigenvalue weighted by Gasteiger charge is -2.25. The number of hydrogen-bond donors (Lipinski definition) is 2. The van der Waals surface area contributed by atoms with Crippen molar-refractivity contribution < 1.29 is 19.1 Å². The summed E-state index contributed by atoms with van der Waals surface area (Å²) in [5.41, 5.74) is 1.32. The van der Waals surface area contributed by atoms with Crippen molar-refractivity contribution in [3.63, 3.8) is 0 Å². The van der Waals surface area contributed by atoms with E-state index in [1.807, 2.05) is 36.4 Å². The van der Waals surface area contributed by atoms with Crippen molar-refractivity contribution in [3.8, 4) is 17.2 Å². The molecule has 0 bridgehead atoms. The van der Waals surface area contributed by atoms with Crippen LogP contribution in [0.15, 0.2) is 78.9 Å². The molecule has 1 aliphatic rings. The first-order chi connectivity index (χ1) is 13.7. The summed E-state index contributed by atoms with van der Waals surface area (Å²) in [6, 6.07) is 22.9. The van der Waals surface area contributed by atoms with Crippen LogP contribution in [0.2, 0.25) is 0 Å². The number of esters is 1. The minimum Gasteiger partial charge on any atom is -0.457 e. The fraction of sp³-hybridized carbons (Fsp3) is 0.0909. The highest BCUT2D eigenvalue weighted by Gasteiger charge is 2.29. The number of carbonyl (C=O) groups is 2. The third kappa shape index (κ3) is 4.12. The maximum absolute atomic E-state index is 12.3. The van der Waals surface area contributed by atoms with Gasteiger partial charge in [-0.25, -0.2) is 4.79 Å². The second kappa shape index (κ2) is 7.84. The molecule has 6 heteroatoms. The molecule has 0 radical (unpaired) electrons. The number of benzene rings is 3. The second-order valence-electron chi connectivity index (χ2n) is 6.31. The minimum absolute atomic E-state index is 0.0323. The molecule has 140 valence electrons. The van der Waals surface area contributed by atoms with Crippen LogP contribution in [0.25, 0.3) is 0 Å². The molecular formula is C22H18N2O4. The van der Waals surface area contributed by atoms with Gasteiger partial charge in [-0.15, -0.1) is 0 Å². The van der Waals surface area contributed by atoms with E-state index in [2.05, 4.69) is 10.6 Å². The molecule has 0 aromatic heterocycles. The number of anilines is 2. The van der Waals surface area contributed by atoms with Crippen molar-refractivity contribution in [1.82, 2.24) is 0 Å². The van der Waals surface area contributed by atoms with Crippen LogP contribution >= 0.6 is 0 Å². The predicted octanol–water partition coefficient (Wildman–Crippen LogP) is 4.21. The van der Waals surface area contributed by atoms with Gasteiger partial charge < -0.3 is 20.1 Å². The number of hydrogen-bond acceptors (Lipinski definition) is 5. The molecule has 2 N–H and O–H groups in total. The summed E-state index contributed by atoms with van der Waals surface area (Å²) in [7, 11) is 0. The first-order valence-electron chi connectivity index (χ1n) is 8.87. The fourth-order valence-corrected chi connectivity index (χ4v) is 2.86. The van der Waals surface area contributed by atoms with Crippen LogP contribution in [0.3, 0.4) is 0 Å². The number of carbonyl (C=O) groups excluding carboxylic acids is 2. The van der Waals surface area contributed by atoms with Crippen molar-refractivity contribution in [2.75, 3.05) is 10.6 Å². The average Bonchev–Trinajstić information content (AvgIpc) is 2.71. The van der Waals surface area contributed by atoms with Gasteiger partial charge in [-0.1, -0.05) is 30.3 Å². The summed E-state index contributed by atoms with van der Waals surface area (Å²) >= 11 is 0. The van der Waals surface area contributed by atoms with Crippen molar-refractivity contribution >= 4 is 23.3 Å². The molecule has 28 heavy (non-hydrogen) atoms. The molecule has 0 unspecified atom stereocenters. The lowest BCUT2D eigenvalue weighted by molar-refractivity contribution is -0.137. The maximum Gasteiger partial charge on any atom is 0.334 e. The summed E-state index contributed by atoms with van der Waals surface area (Å²) in [6.07, 6.45) is -0.0323. The number of para-hydroxylation sites is 3. The van der Waals surface area contributed by atoms with E-state index in [0.717, 1.165) is 5.75 Å². The Bertz CT molecular complexity index is 987. The monoisotopic (exact) mass is 374 g/mol. The zero-order chi connectivity index (χ0) is 19.3. The standard InChI is InChI=1S/C22H18N2O4/c25-21(14-19-22(26)28-20-9-5-4-8-18(20)24-19)23-15-10-12-17(13-11-15)27-16-6-2-1-3-7-16/h1-13,19,24H,14H2,(H,23,25)/t19-/m1/s1. The summed E-state index contributed by atoms with van der Waals surface area (Å²) in [6.45, 7) is 0. The zero-order valence-electron chi connectivity index (χ0n) is 14.9. The molecular weight excluding hydrogens is 356 g/mol. The highest BCUT2D eigenvalue weighted by atomic mass is 16.5. The third-order valence-corrected chi connectivity index (χ3v) is 4.22. The average molecular weight is 374 g/mol. The van der Waals surface area contributed by atoms with Crippen molar-refractivity contribution in [2.24, 2.45) is 0 Å². The normalized spacial score (nSPS) is 15.0. The van der Waals surface area contributed by atoms with Gasteiger partial charge in [0, 0.05) is 5.69 Å². The van der Waals surface area contributed by atoms with E-state index in [4.69, 9.17) is 9.47 Å². The van der Waals surface area contributed by atoms with Crippen molar-refractivity contribution in [3.05, 3.63) is 78.9 Å². The Morgan fingerprint density at radius 1 is 0.929 bits per heavy atom. The van der Waals surface area contributed by atoms with Crippen LogP contribution in [0, 0.1) is 0 Å². The topological polar surface area (TPSA) is 76.7 Å². The zero-order valence-corrected chi connectivity index (χ0v) is 14.9. The molecule has 6 nitrogen and oxygen atoms in total. The van der Waals surface area contributed by atoms with Crippen LogP contribution in [-0.2, 0) is 9.59 Å². The Labute approximate surface area is 162 Å². The van der Waals surface area contributed by atoms with Crippen molar-refractivity contribution in [1.29, 1.82) is 0 Å². The van der Waals surface area contributed by atoms with E-state index in [9.17, 15) is 9.59 Å². The van der Waals surface area contributed by atoms with Gasteiger partial charge in [0.05, 0.1) is 12.1 Å². The van der Waals surface area contributed by atoms with Gasteiger partial charge in [-0.2, -0.15) is 0 Å². The first kappa shape index (κ1) is 17.6. The summed E-state index contributed by atoms with van der Waals surface area (Å²) in [4.78, 5) is 24.4. The highest BCUT2D eigenvalue weighted by Crippen LogP contribution is 2.29. The molecule has 0 saturated heterocycles. The van der Waals surface area contributed by atoms with Crippen molar-refractivity contribution in [2.45, 2.75) is 12.5 Å². The first-order valence-corrected chi connectivity index (χ1v) is 8.87. The van der Waals surface area contributed by atoms with Gasteiger partial charge in [0.25, 0.3) is 0 Å². The Hall–Kier alpha value is -3.80. The Morgan fingerprint density at radius 2 is 1.61 bits per heavy atom. The van der Waals surface area contributed by atoms with Crippen LogP contribution in [0.4, 0.5) is 11.4 Å². The van der Waals surface area contributed by atoms with Gasteiger partial charge in [0.15, 0.2) is 5.75 Å². The number of rotatable bonds is 5. The predicted molar refractivity (Wildman–Crippen MR) is 106 cm³/mol. The lowest BCUT2D eigenvalue weighted by Crippen LogP contribution is -2.39. The molecule has 0 aliphatic carbocycles. The Kier molecular flexibility index (Phi) is 4.93. The van der Waals surface area contributed by atoms with Gasteiger partial charge in [0.2, 0.25) is 5.91 Å². The fourth-order valence-electron chi connectivity index (χ4n) is 2.86. The molecule has 4 rings (SSSR count). The molecule has 3 aromatic carbocycles. The Morgan fingerprint density at radius 3 is 2.39 bits per heavy atom. The van der Waals surface area contributed by atoms with Gasteiger partial charge >= 0.3 is 5.97 Å². The maximum atomic E-state index is 12.3. The second-order valence-corrected chi connectivity index (χ2v) is 6.31. The lowest BCUT2D eigenvalue weighted by atomic mass is 10.1. The van der Waals surface area contributed by atoms with Crippen LogP contribution in [-0.4, -0.2) is 17.9 Å². The van der Waals surface area contributed by atoms with E-state index in [1.165, 1.54) is 0 Å². The number of amides is 1. The summed E-state index contributed by atoms with van der Waals surface area (Å²) in [5, 5.41) is 5.83. The highest BCUT2D eigenvalue weighted by molar-refractivity contribution is 5.97. The quantitative estimate of drug-likeness (QED) is 0.517. The smallest absolute Gasteiger partial charge is 0.334 e. The third-order valence-electron chi connectivity index (χ3n) is 4.22. The largest absolute Gasteiger partial charge is 0.457 e. The summed E-state index contributed by atoms with van der Waals surface area (Å²) in [5.74, 6) is 1.11. The Balaban J connectivity index is 1.34. The van der Waals surface area contributed by atoms with Gasteiger partial charge in [-0.3, -0.25) is 4.79 Å². The van der Waals surface area contributed by atoms with Crippen LogP contribution in [0.5, 0.6) is 17.2 Å².